The van der Waals surface area contributed by atoms with Crippen molar-refractivity contribution in [1.29, 1.82) is 0 Å². The van der Waals surface area contributed by atoms with Crippen molar-refractivity contribution in [3.05, 3.63) is 24.3 Å². The number of anilines is 1. The molecule has 138 valence electrons. The Morgan fingerprint density at radius 2 is 1.88 bits per heavy atom. The lowest BCUT2D eigenvalue weighted by Gasteiger charge is -2.50. The molecule has 2 heterocycles. The summed E-state index contributed by atoms with van der Waals surface area (Å²) < 4.78 is 16.6. The van der Waals surface area contributed by atoms with E-state index in [0.717, 1.165) is 32.1 Å². The number of ether oxygens (including phenoxy) is 3. The average Bonchev–Trinajstić information content (AvgIpc) is 3.09. The van der Waals surface area contributed by atoms with Crippen LogP contribution in [-0.2, 0) is 9.47 Å². The molecule has 1 N–H and O–H groups in total. The number of nitrogens with one attached hydrogen (secondary N) is 1. The SMILES string of the molecule is COC[C@@H]1[C@H](NC2CCN(c3ccc(OC)cc3)CC2)[C@@H]2CCO[C@H]12. The topological polar surface area (TPSA) is 43.0 Å². The van der Waals surface area contributed by atoms with E-state index in [1.54, 1.807) is 14.2 Å². The summed E-state index contributed by atoms with van der Waals surface area (Å²) in [5, 5.41) is 3.95. The Morgan fingerprint density at radius 3 is 2.56 bits per heavy atom. The van der Waals surface area contributed by atoms with Gasteiger partial charge < -0.3 is 24.4 Å². The molecular weight excluding hydrogens is 316 g/mol. The van der Waals surface area contributed by atoms with Crippen molar-refractivity contribution in [3.8, 4) is 5.75 Å². The highest BCUT2D eigenvalue weighted by atomic mass is 16.5. The number of hydrogen-bond donors (Lipinski definition) is 1. The monoisotopic (exact) mass is 346 g/mol. The van der Waals surface area contributed by atoms with Gasteiger partial charge in [-0.15, -0.1) is 0 Å². The summed E-state index contributed by atoms with van der Waals surface area (Å²) in [6, 6.07) is 9.60. The van der Waals surface area contributed by atoms with Gasteiger partial charge in [0, 0.05) is 56.4 Å². The molecular formula is C20H30N2O3. The van der Waals surface area contributed by atoms with Crippen molar-refractivity contribution < 1.29 is 14.2 Å². The average molecular weight is 346 g/mol. The molecule has 1 aromatic rings. The van der Waals surface area contributed by atoms with E-state index in [9.17, 15) is 0 Å². The van der Waals surface area contributed by atoms with Crippen molar-refractivity contribution in [2.75, 3.05) is 45.4 Å². The van der Waals surface area contributed by atoms with Gasteiger partial charge in [0.1, 0.15) is 5.75 Å². The molecule has 2 aliphatic heterocycles. The van der Waals surface area contributed by atoms with Crippen molar-refractivity contribution >= 4 is 5.69 Å². The molecule has 1 aliphatic carbocycles. The first kappa shape index (κ1) is 17.1. The Hall–Kier alpha value is -1.30. The molecule has 4 rings (SSSR count). The molecule has 1 aromatic carbocycles. The van der Waals surface area contributed by atoms with Gasteiger partial charge in [-0.05, 0) is 43.5 Å². The smallest absolute Gasteiger partial charge is 0.119 e. The van der Waals surface area contributed by atoms with Gasteiger partial charge in [0.05, 0.1) is 19.8 Å². The second kappa shape index (κ2) is 7.52. The number of piperidine rings is 1. The fraction of sp³-hybridized carbons (Fsp3) is 0.700. The first-order valence-electron chi connectivity index (χ1n) is 9.55. The largest absolute Gasteiger partial charge is 0.497 e. The van der Waals surface area contributed by atoms with Crippen molar-refractivity contribution in [2.45, 2.75) is 37.5 Å². The van der Waals surface area contributed by atoms with E-state index in [1.165, 1.54) is 24.9 Å². The second-order valence-corrected chi connectivity index (χ2v) is 7.56. The maximum absolute atomic E-state index is 5.89. The van der Waals surface area contributed by atoms with Crippen molar-refractivity contribution in [1.82, 2.24) is 5.32 Å². The molecule has 3 aliphatic rings. The molecule has 3 fully saturated rings. The van der Waals surface area contributed by atoms with Gasteiger partial charge in [0.15, 0.2) is 0 Å². The molecule has 0 unspecified atom stereocenters. The zero-order chi connectivity index (χ0) is 17.2. The van der Waals surface area contributed by atoms with Gasteiger partial charge in [-0.3, -0.25) is 0 Å². The van der Waals surface area contributed by atoms with Crippen LogP contribution in [0, 0.1) is 11.8 Å². The Kier molecular flexibility index (Phi) is 5.15. The van der Waals surface area contributed by atoms with Gasteiger partial charge in [-0.1, -0.05) is 0 Å². The first-order valence-corrected chi connectivity index (χ1v) is 9.55. The minimum absolute atomic E-state index is 0.428. The third kappa shape index (κ3) is 3.37. The third-order valence-electron chi connectivity index (χ3n) is 6.25. The predicted molar refractivity (Wildman–Crippen MR) is 98.4 cm³/mol. The fourth-order valence-electron chi connectivity index (χ4n) is 4.84. The van der Waals surface area contributed by atoms with E-state index >= 15 is 0 Å². The molecule has 0 spiro atoms. The maximum atomic E-state index is 5.89. The van der Waals surface area contributed by atoms with Crippen LogP contribution in [0.1, 0.15) is 19.3 Å². The summed E-state index contributed by atoms with van der Waals surface area (Å²) in [4.78, 5) is 2.48. The number of fused-ring (bicyclic) bond motifs is 1. The molecule has 25 heavy (non-hydrogen) atoms. The van der Waals surface area contributed by atoms with E-state index in [-0.39, 0.29) is 0 Å². The number of methoxy groups -OCH3 is 2. The van der Waals surface area contributed by atoms with Crippen LogP contribution in [0.2, 0.25) is 0 Å². The lowest BCUT2D eigenvalue weighted by Crippen LogP contribution is -2.64. The van der Waals surface area contributed by atoms with E-state index < -0.39 is 0 Å². The van der Waals surface area contributed by atoms with Gasteiger partial charge in [-0.2, -0.15) is 0 Å². The van der Waals surface area contributed by atoms with E-state index in [2.05, 4.69) is 22.3 Å². The number of rotatable bonds is 6. The predicted octanol–water partition coefficient (Wildman–Crippen LogP) is 2.30. The summed E-state index contributed by atoms with van der Waals surface area (Å²) in [6.07, 6.45) is 4.02. The van der Waals surface area contributed by atoms with E-state index in [0.29, 0.717) is 30.0 Å². The van der Waals surface area contributed by atoms with Gasteiger partial charge in [-0.25, -0.2) is 0 Å². The first-order chi connectivity index (χ1) is 12.3. The van der Waals surface area contributed by atoms with Crippen LogP contribution in [0.4, 0.5) is 5.69 Å². The lowest BCUT2D eigenvalue weighted by molar-refractivity contribution is -0.0873. The normalized spacial score (nSPS) is 32.3. The zero-order valence-corrected chi connectivity index (χ0v) is 15.3. The Balaban J connectivity index is 1.29. The molecule has 4 atom stereocenters. The van der Waals surface area contributed by atoms with Crippen LogP contribution in [-0.4, -0.2) is 58.7 Å². The quantitative estimate of drug-likeness (QED) is 0.856. The molecule has 0 aromatic heterocycles. The van der Waals surface area contributed by atoms with Crippen LogP contribution in [0.5, 0.6) is 5.75 Å². The summed E-state index contributed by atoms with van der Waals surface area (Å²) in [5.41, 5.74) is 1.30. The Morgan fingerprint density at radius 1 is 1.12 bits per heavy atom. The van der Waals surface area contributed by atoms with Gasteiger partial charge in [0.25, 0.3) is 0 Å². The molecule has 2 saturated heterocycles. The van der Waals surface area contributed by atoms with Crippen LogP contribution >= 0.6 is 0 Å². The van der Waals surface area contributed by atoms with Crippen molar-refractivity contribution in [2.24, 2.45) is 11.8 Å². The Labute approximate surface area is 150 Å². The minimum atomic E-state index is 0.428. The lowest BCUT2D eigenvalue weighted by atomic mass is 9.66. The maximum Gasteiger partial charge on any atom is 0.119 e. The van der Waals surface area contributed by atoms with Gasteiger partial charge in [0.2, 0.25) is 0 Å². The van der Waals surface area contributed by atoms with Crippen LogP contribution < -0.4 is 15.0 Å². The van der Waals surface area contributed by atoms with Gasteiger partial charge >= 0.3 is 0 Å². The summed E-state index contributed by atoms with van der Waals surface area (Å²) >= 11 is 0. The molecule has 1 saturated carbocycles. The Bertz CT molecular complexity index is 557. The zero-order valence-electron chi connectivity index (χ0n) is 15.3. The van der Waals surface area contributed by atoms with Crippen LogP contribution in [0.15, 0.2) is 24.3 Å². The number of benzene rings is 1. The van der Waals surface area contributed by atoms with Crippen LogP contribution in [0.25, 0.3) is 0 Å². The molecule has 0 amide bonds. The van der Waals surface area contributed by atoms with E-state index in [1.807, 2.05) is 12.1 Å². The number of nitrogens with zero attached hydrogens (tertiary/aromatic N) is 1. The standard InChI is InChI=1S/C20H30N2O3/c1-23-13-18-19(17-9-12-25-20(17)18)21-14-7-10-22(11-8-14)15-3-5-16(24-2)6-4-15/h3-6,14,17-21H,7-13H2,1-2H3/t17-,18+,19+,20-/m0/s1. The second-order valence-electron chi connectivity index (χ2n) is 7.56. The highest BCUT2D eigenvalue weighted by molar-refractivity contribution is 5.49. The summed E-state index contributed by atoms with van der Waals surface area (Å²) in [6.45, 7) is 3.94. The number of hydrogen-bond acceptors (Lipinski definition) is 5. The third-order valence-corrected chi connectivity index (χ3v) is 6.25. The molecule has 5 nitrogen and oxygen atoms in total. The summed E-state index contributed by atoms with van der Waals surface area (Å²) in [5.74, 6) is 2.14. The fourth-order valence-corrected chi connectivity index (χ4v) is 4.84. The highest BCUT2D eigenvalue weighted by Gasteiger charge is 2.53. The molecule has 5 heteroatoms. The summed E-state index contributed by atoms with van der Waals surface area (Å²) in [7, 11) is 3.51. The highest BCUT2D eigenvalue weighted by Crippen LogP contribution is 2.44. The van der Waals surface area contributed by atoms with Crippen LogP contribution in [0.3, 0.4) is 0 Å². The molecule has 0 radical (unpaired) electrons. The minimum Gasteiger partial charge on any atom is -0.497 e. The van der Waals surface area contributed by atoms with E-state index in [4.69, 9.17) is 14.2 Å². The van der Waals surface area contributed by atoms with Crippen molar-refractivity contribution in [3.63, 3.8) is 0 Å². The molecule has 0 bridgehead atoms.